The van der Waals surface area contributed by atoms with Crippen LogP contribution in [0.15, 0.2) is 74.5 Å². The first-order chi connectivity index (χ1) is 9.58. The van der Waals surface area contributed by atoms with Crippen molar-refractivity contribution < 1.29 is 5.11 Å². The zero-order valence-corrected chi connectivity index (χ0v) is 14.3. The lowest BCUT2D eigenvalue weighted by molar-refractivity contribution is 0.110. The molecule has 1 N–H and O–H groups in total. The molecule has 3 heteroatoms. The van der Waals surface area contributed by atoms with Crippen molar-refractivity contribution in [2.75, 3.05) is 0 Å². The van der Waals surface area contributed by atoms with E-state index in [2.05, 4.69) is 34.7 Å². The number of hydrogen-bond donors (Lipinski definition) is 1. The molecule has 20 heavy (non-hydrogen) atoms. The SMILES string of the molecule is CC(O)(Cc1ccccc1)/C(I)=C/Sc1ccccc1. The van der Waals surface area contributed by atoms with E-state index in [-0.39, 0.29) is 0 Å². The molecule has 0 aliphatic rings. The fraction of sp³-hybridized carbons (Fsp3) is 0.176. The van der Waals surface area contributed by atoms with Crippen LogP contribution in [-0.2, 0) is 6.42 Å². The van der Waals surface area contributed by atoms with Gasteiger partial charge in [0.15, 0.2) is 0 Å². The highest BCUT2D eigenvalue weighted by Gasteiger charge is 2.24. The van der Waals surface area contributed by atoms with Gasteiger partial charge in [-0.05, 0) is 52.6 Å². The Balaban J connectivity index is 2.04. The summed E-state index contributed by atoms with van der Waals surface area (Å²) in [6, 6.07) is 20.3. The van der Waals surface area contributed by atoms with Crippen LogP contribution in [0.25, 0.3) is 0 Å². The molecule has 0 saturated carbocycles. The lowest BCUT2D eigenvalue weighted by Crippen LogP contribution is -2.27. The summed E-state index contributed by atoms with van der Waals surface area (Å²) in [5.41, 5.74) is 0.314. The molecule has 2 rings (SSSR count). The Morgan fingerprint density at radius 3 is 2.25 bits per heavy atom. The van der Waals surface area contributed by atoms with Gasteiger partial charge in [0.1, 0.15) is 0 Å². The minimum Gasteiger partial charge on any atom is -0.385 e. The average Bonchev–Trinajstić information content (AvgIpc) is 2.46. The maximum atomic E-state index is 10.6. The fourth-order valence-electron chi connectivity index (χ4n) is 1.82. The van der Waals surface area contributed by atoms with Crippen LogP contribution in [-0.4, -0.2) is 10.7 Å². The highest BCUT2D eigenvalue weighted by atomic mass is 127. The van der Waals surface area contributed by atoms with Gasteiger partial charge in [-0.1, -0.05) is 60.3 Å². The molecule has 0 saturated heterocycles. The molecule has 2 aromatic rings. The molecule has 0 heterocycles. The van der Waals surface area contributed by atoms with Crippen molar-refractivity contribution in [1.29, 1.82) is 0 Å². The topological polar surface area (TPSA) is 20.2 Å². The van der Waals surface area contributed by atoms with Crippen molar-refractivity contribution in [1.82, 2.24) is 0 Å². The Labute approximate surface area is 138 Å². The van der Waals surface area contributed by atoms with Gasteiger partial charge in [-0.25, -0.2) is 0 Å². The van der Waals surface area contributed by atoms with Crippen LogP contribution < -0.4 is 0 Å². The number of halogens is 1. The smallest absolute Gasteiger partial charge is 0.0970 e. The Kier molecular flexibility index (Phi) is 5.69. The second-order valence-corrected chi connectivity index (χ2v) is 6.94. The highest BCUT2D eigenvalue weighted by Crippen LogP contribution is 2.31. The van der Waals surface area contributed by atoms with E-state index in [0.717, 1.165) is 9.14 Å². The van der Waals surface area contributed by atoms with E-state index in [9.17, 15) is 5.11 Å². The van der Waals surface area contributed by atoms with E-state index < -0.39 is 5.60 Å². The summed E-state index contributed by atoms with van der Waals surface area (Å²) < 4.78 is 0.952. The van der Waals surface area contributed by atoms with Gasteiger partial charge in [-0.15, -0.1) is 0 Å². The number of benzene rings is 2. The summed E-state index contributed by atoms with van der Waals surface area (Å²) in [6.45, 7) is 1.86. The zero-order valence-electron chi connectivity index (χ0n) is 11.3. The van der Waals surface area contributed by atoms with Crippen molar-refractivity contribution in [2.24, 2.45) is 0 Å². The van der Waals surface area contributed by atoms with Crippen molar-refractivity contribution in [3.8, 4) is 0 Å². The van der Waals surface area contributed by atoms with Crippen molar-refractivity contribution in [2.45, 2.75) is 23.8 Å². The van der Waals surface area contributed by atoms with Gasteiger partial charge in [-0.3, -0.25) is 0 Å². The molecule has 1 unspecified atom stereocenters. The predicted molar refractivity (Wildman–Crippen MR) is 95.2 cm³/mol. The van der Waals surface area contributed by atoms with Crippen LogP contribution in [0.1, 0.15) is 12.5 Å². The number of rotatable bonds is 5. The molecule has 0 aliphatic heterocycles. The van der Waals surface area contributed by atoms with Crippen LogP contribution in [0.3, 0.4) is 0 Å². The normalized spacial score (nSPS) is 14.8. The standard InChI is InChI=1S/C17H17IOS/c1-17(19,12-14-8-4-2-5-9-14)16(18)13-20-15-10-6-3-7-11-15/h2-11,13,19H,12H2,1H3/b16-13-. The first-order valence-corrected chi connectivity index (χ1v) is 8.38. The number of aliphatic hydroxyl groups is 1. The maximum Gasteiger partial charge on any atom is 0.0970 e. The van der Waals surface area contributed by atoms with Crippen molar-refractivity contribution in [3.05, 3.63) is 75.2 Å². The lowest BCUT2D eigenvalue weighted by atomic mass is 9.97. The maximum absolute atomic E-state index is 10.6. The molecule has 0 bridgehead atoms. The largest absolute Gasteiger partial charge is 0.385 e. The zero-order chi connectivity index (χ0) is 14.4. The van der Waals surface area contributed by atoms with Crippen LogP contribution in [0.4, 0.5) is 0 Å². The Hall–Kier alpha value is -0.780. The van der Waals surface area contributed by atoms with E-state index in [1.165, 1.54) is 4.90 Å². The summed E-state index contributed by atoms with van der Waals surface area (Å²) in [4.78, 5) is 1.18. The molecule has 104 valence electrons. The predicted octanol–water partition coefficient (Wildman–Crippen LogP) is 5.05. The van der Waals surface area contributed by atoms with Crippen LogP contribution >= 0.6 is 34.4 Å². The lowest BCUT2D eigenvalue weighted by Gasteiger charge is -2.23. The molecule has 0 aromatic heterocycles. The molecule has 1 nitrogen and oxygen atoms in total. The molecule has 0 radical (unpaired) electrons. The van der Waals surface area contributed by atoms with Crippen molar-refractivity contribution in [3.63, 3.8) is 0 Å². The molecule has 0 spiro atoms. The third-order valence-corrected chi connectivity index (χ3v) is 5.74. The van der Waals surface area contributed by atoms with Gasteiger partial charge in [0.05, 0.1) is 5.60 Å². The number of hydrogen-bond acceptors (Lipinski definition) is 2. The van der Waals surface area contributed by atoms with Gasteiger partial charge in [-0.2, -0.15) is 0 Å². The van der Waals surface area contributed by atoms with Gasteiger partial charge < -0.3 is 5.11 Å². The first-order valence-electron chi connectivity index (χ1n) is 6.42. The number of thioether (sulfide) groups is 1. The van der Waals surface area contributed by atoms with Crippen molar-refractivity contribution >= 4 is 34.4 Å². The van der Waals surface area contributed by atoms with Crippen LogP contribution in [0.2, 0.25) is 0 Å². The van der Waals surface area contributed by atoms with Gasteiger partial charge in [0.25, 0.3) is 0 Å². The van der Waals surface area contributed by atoms with E-state index in [1.54, 1.807) is 11.8 Å². The van der Waals surface area contributed by atoms with Gasteiger partial charge >= 0.3 is 0 Å². The molecule has 1 atom stereocenters. The minimum atomic E-state index is -0.830. The third-order valence-electron chi connectivity index (χ3n) is 2.95. The Bertz CT molecular complexity index is 564. The third kappa shape index (κ3) is 4.65. The van der Waals surface area contributed by atoms with E-state index >= 15 is 0 Å². The summed E-state index contributed by atoms with van der Waals surface area (Å²) in [5, 5.41) is 12.7. The Morgan fingerprint density at radius 2 is 1.65 bits per heavy atom. The second-order valence-electron chi connectivity index (χ2n) is 4.83. The van der Waals surface area contributed by atoms with Gasteiger partial charge in [0.2, 0.25) is 0 Å². The summed E-state index contributed by atoms with van der Waals surface area (Å²) >= 11 is 3.86. The molecular formula is C17H17IOS. The average molecular weight is 396 g/mol. The van der Waals surface area contributed by atoms with E-state index in [0.29, 0.717) is 6.42 Å². The molecular weight excluding hydrogens is 379 g/mol. The second kappa shape index (κ2) is 7.29. The monoisotopic (exact) mass is 396 g/mol. The molecule has 0 amide bonds. The fourth-order valence-corrected chi connectivity index (χ4v) is 3.20. The summed E-state index contributed by atoms with van der Waals surface area (Å²) in [7, 11) is 0. The van der Waals surface area contributed by atoms with Crippen LogP contribution in [0, 0.1) is 0 Å². The molecule has 2 aromatic carbocycles. The quantitative estimate of drug-likeness (QED) is 0.564. The Morgan fingerprint density at radius 1 is 1.10 bits per heavy atom. The molecule has 0 fully saturated rings. The summed E-state index contributed by atoms with van der Waals surface area (Å²) in [6.07, 6.45) is 0.623. The minimum absolute atomic E-state index is 0.623. The first kappa shape index (κ1) is 15.6. The highest BCUT2D eigenvalue weighted by molar-refractivity contribution is 14.1. The van der Waals surface area contributed by atoms with Crippen LogP contribution in [0.5, 0.6) is 0 Å². The van der Waals surface area contributed by atoms with E-state index in [1.807, 2.05) is 60.9 Å². The molecule has 0 aliphatic carbocycles. The van der Waals surface area contributed by atoms with E-state index in [4.69, 9.17) is 0 Å². The summed E-state index contributed by atoms with van der Waals surface area (Å²) in [5.74, 6) is 0. The van der Waals surface area contributed by atoms with Gasteiger partial charge in [0, 0.05) is 14.9 Å².